The summed E-state index contributed by atoms with van der Waals surface area (Å²) in [5, 5.41) is 21.7. The Hall–Kier alpha value is -1.83. The molecule has 0 bridgehead atoms. The van der Waals surface area contributed by atoms with Crippen molar-refractivity contribution in [2.24, 2.45) is 0 Å². The molecule has 7 nitrogen and oxygen atoms in total. The summed E-state index contributed by atoms with van der Waals surface area (Å²) in [6.07, 6.45) is 1.61. The molecule has 8 heteroatoms. The molecule has 0 fully saturated rings. The van der Waals surface area contributed by atoms with Crippen molar-refractivity contribution in [3.8, 4) is 10.7 Å². The van der Waals surface area contributed by atoms with Crippen LogP contribution in [0.4, 0.5) is 0 Å². The Labute approximate surface area is 120 Å². The molecule has 0 saturated carbocycles. The number of aryl methyl sites for hydroxylation is 2. The quantitative estimate of drug-likeness (QED) is 0.878. The molecule has 0 saturated heterocycles. The minimum absolute atomic E-state index is 0.0166. The van der Waals surface area contributed by atoms with Crippen LogP contribution in [0.5, 0.6) is 0 Å². The van der Waals surface area contributed by atoms with E-state index in [0.29, 0.717) is 5.82 Å². The third-order valence-electron chi connectivity index (χ3n) is 2.98. The van der Waals surface area contributed by atoms with Gasteiger partial charge < -0.3 is 5.11 Å². The molecule has 0 amide bonds. The topological polar surface area (TPSA) is 93.8 Å². The van der Waals surface area contributed by atoms with E-state index in [9.17, 15) is 4.79 Å². The van der Waals surface area contributed by atoms with Gasteiger partial charge in [-0.3, -0.25) is 4.79 Å². The van der Waals surface area contributed by atoms with Crippen molar-refractivity contribution in [3.63, 3.8) is 0 Å². The minimum Gasteiger partial charge on any atom is -0.481 e. The van der Waals surface area contributed by atoms with E-state index in [1.165, 1.54) is 11.3 Å². The lowest BCUT2D eigenvalue weighted by Crippen LogP contribution is -2.16. The molecule has 1 atom stereocenters. The zero-order valence-corrected chi connectivity index (χ0v) is 12.5. The first-order valence-corrected chi connectivity index (χ1v) is 7.28. The molecule has 0 aliphatic carbocycles. The lowest BCUT2D eigenvalue weighted by atomic mass is 10.1. The van der Waals surface area contributed by atoms with Gasteiger partial charge in [0.2, 0.25) is 0 Å². The number of hydrogen-bond acceptors (Lipinski definition) is 6. The van der Waals surface area contributed by atoms with Gasteiger partial charge >= 0.3 is 5.97 Å². The zero-order chi connectivity index (χ0) is 14.7. The second-order valence-corrected chi connectivity index (χ2v) is 5.84. The van der Waals surface area contributed by atoms with E-state index in [1.807, 2.05) is 20.8 Å². The SMILES string of the molecule is CCCC(CC(=O)O)n1nnnc1-c1sc(C)nc1C. The number of thiazole rings is 1. The van der Waals surface area contributed by atoms with Crippen molar-refractivity contribution < 1.29 is 9.90 Å². The van der Waals surface area contributed by atoms with Crippen LogP contribution in [0.3, 0.4) is 0 Å². The molecule has 0 aliphatic heterocycles. The monoisotopic (exact) mass is 295 g/mol. The third-order valence-corrected chi connectivity index (χ3v) is 4.05. The van der Waals surface area contributed by atoms with Crippen LogP contribution >= 0.6 is 11.3 Å². The first-order valence-electron chi connectivity index (χ1n) is 6.47. The van der Waals surface area contributed by atoms with Crippen LogP contribution in [0.25, 0.3) is 10.7 Å². The minimum atomic E-state index is -0.845. The molecule has 1 unspecified atom stereocenters. The van der Waals surface area contributed by atoms with Crippen molar-refractivity contribution in [1.29, 1.82) is 0 Å². The maximum atomic E-state index is 11.0. The molecular weight excluding hydrogens is 278 g/mol. The summed E-state index contributed by atoms with van der Waals surface area (Å²) >= 11 is 1.52. The van der Waals surface area contributed by atoms with E-state index in [-0.39, 0.29) is 12.5 Å². The van der Waals surface area contributed by atoms with Crippen LogP contribution in [0.1, 0.15) is 42.9 Å². The maximum absolute atomic E-state index is 11.0. The summed E-state index contributed by atoms with van der Waals surface area (Å²) in [6.45, 7) is 5.85. The van der Waals surface area contributed by atoms with Gasteiger partial charge in [0.1, 0.15) is 0 Å². The number of tetrazole rings is 1. The lowest BCUT2D eigenvalue weighted by Gasteiger charge is -2.15. The molecule has 0 aliphatic rings. The van der Waals surface area contributed by atoms with Gasteiger partial charge in [0.05, 0.1) is 28.0 Å². The number of carboxylic acids is 1. The normalized spacial score (nSPS) is 12.6. The highest BCUT2D eigenvalue weighted by atomic mass is 32.1. The van der Waals surface area contributed by atoms with Gasteiger partial charge in [-0.05, 0) is 30.7 Å². The number of carboxylic acid groups (broad SMARTS) is 1. The van der Waals surface area contributed by atoms with Crippen molar-refractivity contribution in [1.82, 2.24) is 25.2 Å². The second kappa shape index (κ2) is 6.08. The van der Waals surface area contributed by atoms with Crippen LogP contribution in [0.2, 0.25) is 0 Å². The number of rotatable bonds is 6. The van der Waals surface area contributed by atoms with Gasteiger partial charge in [0.25, 0.3) is 0 Å². The molecule has 2 rings (SSSR count). The van der Waals surface area contributed by atoms with E-state index in [2.05, 4.69) is 20.5 Å². The molecule has 0 radical (unpaired) electrons. The maximum Gasteiger partial charge on any atom is 0.305 e. The fourth-order valence-electron chi connectivity index (χ4n) is 2.17. The molecule has 108 valence electrons. The molecule has 0 aromatic carbocycles. The van der Waals surface area contributed by atoms with Crippen LogP contribution in [0, 0.1) is 13.8 Å². The van der Waals surface area contributed by atoms with Gasteiger partial charge in [-0.1, -0.05) is 13.3 Å². The highest BCUT2D eigenvalue weighted by molar-refractivity contribution is 7.15. The van der Waals surface area contributed by atoms with Gasteiger partial charge in [-0.15, -0.1) is 16.4 Å². The fraction of sp³-hybridized carbons (Fsp3) is 0.583. The van der Waals surface area contributed by atoms with Crippen molar-refractivity contribution >= 4 is 17.3 Å². The Morgan fingerprint density at radius 2 is 2.20 bits per heavy atom. The molecule has 2 heterocycles. The standard InChI is InChI=1S/C12H17N5O2S/c1-4-5-9(6-10(18)19)17-12(14-15-16-17)11-7(2)13-8(3)20-11/h9H,4-6H2,1-3H3,(H,18,19). The predicted octanol–water partition coefficient (Wildman–Crippen LogP) is 2.23. The largest absolute Gasteiger partial charge is 0.481 e. The highest BCUT2D eigenvalue weighted by Gasteiger charge is 2.23. The summed E-state index contributed by atoms with van der Waals surface area (Å²) in [6, 6.07) is -0.232. The summed E-state index contributed by atoms with van der Waals surface area (Å²) < 4.78 is 1.62. The van der Waals surface area contributed by atoms with E-state index in [1.54, 1.807) is 4.68 Å². The van der Waals surface area contributed by atoms with Crippen LogP contribution in [-0.4, -0.2) is 36.3 Å². The van der Waals surface area contributed by atoms with Crippen LogP contribution in [-0.2, 0) is 4.79 Å². The average molecular weight is 295 g/mol. The Bertz CT molecular complexity index is 607. The molecule has 20 heavy (non-hydrogen) atoms. The number of aliphatic carboxylic acids is 1. The Morgan fingerprint density at radius 3 is 2.75 bits per heavy atom. The first-order chi connectivity index (χ1) is 9.52. The van der Waals surface area contributed by atoms with Gasteiger partial charge in [-0.2, -0.15) is 0 Å². The molecule has 1 N–H and O–H groups in total. The summed E-state index contributed by atoms with van der Waals surface area (Å²) in [4.78, 5) is 16.3. The zero-order valence-electron chi connectivity index (χ0n) is 11.7. The van der Waals surface area contributed by atoms with E-state index in [0.717, 1.165) is 28.4 Å². The predicted molar refractivity (Wildman–Crippen MR) is 74.6 cm³/mol. The fourth-order valence-corrected chi connectivity index (χ4v) is 3.07. The first kappa shape index (κ1) is 14.6. The number of aromatic nitrogens is 5. The summed E-state index contributed by atoms with van der Waals surface area (Å²) in [5.74, 6) is -0.241. The highest BCUT2D eigenvalue weighted by Crippen LogP contribution is 2.30. The Kier molecular flexibility index (Phi) is 4.43. The van der Waals surface area contributed by atoms with Crippen molar-refractivity contribution in [3.05, 3.63) is 10.7 Å². The lowest BCUT2D eigenvalue weighted by molar-refractivity contribution is -0.138. The number of carbonyl (C=O) groups is 1. The second-order valence-electron chi connectivity index (χ2n) is 4.63. The molecule has 0 spiro atoms. The van der Waals surface area contributed by atoms with Gasteiger partial charge in [0, 0.05) is 0 Å². The van der Waals surface area contributed by atoms with E-state index >= 15 is 0 Å². The third kappa shape index (κ3) is 3.01. The number of nitrogens with zero attached hydrogens (tertiary/aromatic N) is 5. The van der Waals surface area contributed by atoms with Crippen molar-refractivity contribution in [2.75, 3.05) is 0 Å². The molecule has 2 aromatic heterocycles. The van der Waals surface area contributed by atoms with E-state index < -0.39 is 5.97 Å². The summed E-state index contributed by atoms with van der Waals surface area (Å²) in [5.41, 5.74) is 0.870. The van der Waals surface area contributed by atoms with Gasteiger partial charge in [0.15, 0.2) is 5.82 Å². The van der Waals surface area contributed by atoms with Crippen molar-refractivity contribution in [2.45, 2.75) is 46.1 Å². The molecule has 2 aromatic rings. The Balaban J connectivity index is 2.40. The Morgan fingerprint density at radius 1 is 1.45 bits per heavy atom. The smallest absolute Gasteiger partial charge is 0.305 e. The van der Waals surface area contributed by atoms with E-state index in [4.69, 9.17) is 5.11 Å². The number of hydrogen-bond donors (Lipinski definition) is 1. The average Bonchev–Trinajstić information content (AvgIpc) is 2.94. The molecular formula is C12H17N5O2S. The van der Waals surface area contributed by atoms with Gasteiger partial charge in [-0.25, -0.2) is 9.67 Å². The van der Waals surface area contributed by atoms with Crippen LogP contribution in [0.15, 0.2) is 0 Å². The summed E-state index contributed by atoms with van der Waals surface area (Å²) in [7, 11) is 0. The van der Waals surface area contributed by atoms with Crippen LogP contribution < -0.4 is 0 Å².